The second-order valence-corrected chi connectivity index (χ2v) is 8.20. The van der Waals surface area contributed by atoms with Crippen molar-refractivity contribution in [1.82, 2.24) is 14.7 Å². The number of carbonyl (C=O) groups is 2. The molecule has 0 saturated heterocycles. The molecule has 2 N–H and O–H groups in total. The molecule has 4 aromatic rings. The third-order valence-electron chi connectivity index (χ3n) is 5.21. The van der Waals surface area contributed by atoms with Gasteiger partial charge in [0.15, 0.2) is 5.69 Å². The maximum Gasteiger partial charge on any atom is 0.276 e. The minimum Gasteiger partial charge on any atom is -0.355 e. The van der Waals surface area contributed by atoms with E-state index in [9.17, 15) is 19.7 Å². The number of nitro benzene ring substituents is 1. The Morgan fingerprint density at radius 1 is 1.12 bits per heavy atom. The lowest BCUT2D eigenvalue weighted by molar-refractivity contribution is -0.384. The standard InChI is InChI=1S/C23H17Cl2N5O4/c1-12-8-13(24)9-17(22(31)26-2)19(12)28-23(32)20-21(29-7-3-4-15(29)11-27-20)16-10-14(30(33)34)5-6-18(16)25/h3-11H,1-2H3,(H,26,31)(H,28,32). The predicted molar refractivity (Wildman–Crippen MR) is 130 cm³/mol. The summed E-state index contributed by atoms with van der Waals surface area (Å²) >= 11 is 12.5. The van der Waals surface area contributed by atoms with Crippen molar-refractivity contribution >= 4 is 51.9 Å². The number of non-ortho nitro benzene ring substituents is 1. The molecule has 0 spiro atoms. The van der Waals surface area contributed by atoms with Gasteiger partial charge in [-0.1, -0.05) is 23.2 Å². The lowest BCUT2D eigenvalue weighted by Crippen LogP contribution is -2.23. The lowest BCUT2D eigenvalue weighted by Gasteiger charge is -2.16. The maximum absolute atomic E-state index is 13.5. The monoisotopic (exact) mass is 497 g/mol. The maximum atomic E-state index is 13.5. The molecule has 0 aliphatic rings. The fourth-order valence-electron chi connectivity index (χ4n) is 3.64. The molecule has 0 aliphatic carbocycles. The predicted octanol–water partition coefficient (Wildman–Crippen LogP) is 5.14. The first kappa shape index (κ1) is 23.2. The number of aryl methyl sites for hydroxylation is 1. The van der Waals surface area contributed by atoms with E-state index in [2.05, 4.69) is 15.6 Å². The minimum atomic E-state index is -0.635. The summed E-state index contributed by atoms with van der Waals surface area (Å²) in [5.41, 5.74) is 1.96. The first-order valence-corrected chi connectivity index (χ1v) is 10.7. The molecule has 0 fully saturated rings. The van der Waals surface area contributed by atoms with Crippen molar-refractivity contribution in [3.05, 3.63) is 91.8 Å². The van der Waals surface area contributed by atoms with E-state index < -0.39 is 16.7 Å². The van der Waals surface area contributed by atoms with Gasteiger partial charge in [0.1, 0.15) is 0 Å². The van der Waals surface area contributed by atoms with E-state index >= 15 is 0 Å². The molecule has 2 amide bonds. The van der Waals surface area contributed by atoms with E-state index in [1.54, 1.807) is 35.7 Å². The summed E-state index contributed by atoms with van der Waals surface area (Å²) < 4.78 is 1.67. The molecule has 0 saturated carbocycles. The van der Waals surface area contributed by atoms with Crippen LogP contribution in [0.5, 0.6) is 0 Å². The average molecular weight is 498 g/mol. The molecule has 172 valence electrons. The molecule has 9 nitrogen and oxygen atoms in total. The third kappa shape index (κ3) is 4.18. The Balaban J connectivity index is 1.90. The van der Waals surface area contributed by atoms with Gasteiger partial charge in [-0.3, -0.25) is 19.7 Å². The van der Waals surface area contributed by atoms with Crippen molar-refractivity contribution < 1.29 is 14.5 Å². The number of benzene rings is 2. The van der Waals surface area contributed by atoms with Crippen LogP contribution < -0.4 is 10.6 Å². The van der Waals surface area contributed by atoms with E-state index in [1.165, 1.54) is 37.5 Å². The molecule has 0 unspecified atom stereocenters. The first-order chi connectivity index (χ1) is 16.2. The van der Waals surface area contributed by atoms with Gasteiger partial charge in [-0.25, -0.2) is 4.98 Å². The topological polar surface area (TPSA) is 119 Å². The molecule has 2 aromatic carbocycles. The number of hydrogen-bond acceptors (Lipinski definition) is 5. The lowest BCUT2D eigenvalue weighted by atomic mass is 10.1. The molecule has 2 aromatic heterocycles. The Bertz CT molecular complexity index is 1480. The Hall–Kier alpha value is -3.95. The second kappa shape index (κ2) is 9.12. The van der Waals surface area contributed by atoms with E-state index in [4.69, 9.17) is 23.2 Å². The molecule has 4 rings (SSSR count). The van der Waals surface area contributed by atoms with Gasteiger partial charge >= 0.3 is 0 Å². The van der Waals surface area contributed by atoms with Crippen molar-refractivity contribution in [2.24, 2.45) is 0 Å². The molecule has 2 heterocycles. The number of amides is 2. The van der Waals surface area contributed by atoms with Crippen LogP contribution in [0.25, 0.3) is 16.8 Å². The normalized spacial score (nSPS) is 10.8. The van der Waals surface area contributed by atoms with Crippen molar-refractivity contribution in [2.45, 2.75) is 6.92 Å². The Kier molecular flexibility index (Phi) is 6.23. The molecule has 0 atom stereocenters. The Morgan fingerprint density at radius 2 is 1.88 bits per heavy atom. The highest BCUT2D eigenvalue weighted by Crippen LogP contribution is 2.34. The second-order valence-electron chi connectivity index (χ2n) is 7.36. The summed E-state index contributed by atoms with van der Waals surface area (Å²) in [5.74, 6) is -1.07. The van der Waals surface area contributed by atoms with Crippen LogP contribution in [0.1, 0.15) is 26.4 Å². The number of aromatic nitrogens is 2. The van der Waals surface area contributed by atoms with Crippen LogP contribution in [-0.4, -0.2) is 33.2 Å². The molecule has 0 radical (unpaired) electrons. The molecular weight excluding hydrogens is 481 g/mol. The zero-order valence-corrected chi connectivity index (χ0v) is 19.4. The van der Waals surface area contributed by atoms with Crippen molar-refractivity contribution in [2.75, 3.05) is 12.4 Å². The smallest absolute Gasteiger partial charge is 0.276 e. The Labute approximate surface area is 203 Å². The van der Waals surface area contributed by atoms with Crippen LogP contribution in [0.2, 0.25) is 10.0 Å². The molecular formula is C23H17Cl2N5O4. The minimum absolute atomic E-state index is 0.0386. The van der Waals surface area contributed by atoms with Crippen LogP contribution in [0.15, 0.2) is 54.9 Å². The molecule has 0 bridgehead atoms. The highest BCUT2D eigenvalue weighted by atomic mass is 35.5. The number of nitrogens with one attached hydrogen (secondary N) is 2. The highest BCUT2D eigenvalue weighted by Gasteiger charge is 2.24. The van der Waals surface area contributed by atoms with Crippen molar-refractivity contribution in [1.29, 1.82) is 0 Å². The molecule has 0 aliphatic heterocycles. The van der Waals surface area contributed by atoms with Gasteiger partial charge in [0, 0.05) is 36.0 Å². The van der Waals surface area contributed by atoms with Crippen LogP contribution in [0.3, 0.4) is 0 Å². The van der Waals surface area contributed by atoms with E-state index in [1.807, 2.05) is 0 Å². The van der Waals surface area contributed by atoms with Gasteiger partial charge in [-0.2, -0.15) is 0 Å². The zero-order chi connectivity index (χ0) is 24.6. The number of nitrogens with zero attached hydrogens (tertiary/aromatic N) is 3. The summed E-state index contributed by atoms with van der Waals surface area (Å²) in [6.07, 6.45) is 3.19. The highest BCUT2D eigenvalue weighted by molar-refractivity contribution is 6.33. The summed E-state index contributed by atoms with van der Waals surface area (Å²) in [4.78, 5) is 41.0. The van der Waals surface area contributed by atoms with Gasteiger partial charge < -0.3 is 15.0 Å². The van der Waals surface area contributed by atoms with Crippen molar-refractivity contribution in [3.8, 4) is 11.3 Å². The summed E-state index contributed by atoms with van der Waals surface area (Å²) in [6, 6.07) is 10.6. The number of hydrogen-bond donors (Lipinski definition) is 2. The SMILES string of the molecule is CNC(=O)c1cc(Cl)cc(C)c1NC(=O)c1ncc2cccn2c1-c1cc([N+](=O)[O-])ccc1Cl. The summed E-state index contributed by atoms with van der Waals surface area (Å²) in [7, 11) is 1.47. The molecule has 34 heavy (non-hydrogen) atoms. The first-order valence-electron chi connectivity index (χ1n) is 9.95. The number of nitro groups is 1. The van der Waals surface area contributed by atoms with Gasteiger partial charge in [-0.05, 0) is 42.8 Å². The van der Waals surface area contributed by atoms with Crippen molar-refractivity contribution in [3.63, 3.8) is 0 Å². The largest absolute Gasteiger partial charge is 0.355 e. The van der Waals surface area contributed by atoms with Gasteiger partial charge in [-0.15, -0.1) is 0 Å². The molecule has 11 heteroatoms. The van der Waals surface area contributed by atoms with Crippen LogP contribution in [0, 0.1) is 17.0 Å². The zero-order valence-electron chi connectivity index (χ0n) is 17.9. The van der Waals surface area contributed by atoms with E-state index in [0.29, 0.717) is 16.1 Å². The van der Waals surface area contributed by atoms with Gasteiger partial charge in [0.2, 0.25) is 0 Å². The van der Waals surface area contributed by atoms with Gasteiger partial charge in [0.25, 0.3) is 17.5 Å². The number of fused-ring (bicyclic) bond motifs is 1. The fraction of sp³-hybridized carbons (Fsp3) is 0.0870. The third-order valence-corrected chi connectivity index (χ3v) is 5.76. The fourth-order valence-corrected chi connectivity index (χ4v) is 4.12. The Morgan fingerprint density at radius 3 is 2.59 bits per heavy atom. The number of anilines is 1. The number of rotatable bonds is 5. The summed E-state index contributed by atoms with van der Waals surface area (Å²) in [5, 5.41) is 17.2. The van der Waals surface area contributed by atoms with Crippen LogP contribution in [0.4, 0.5) is 11.4 Å². The van der Waals surface area contributed by atoms with E-state index in [-0.39, 0.29) is 38.9 Å². The summed E-state index contributed by atoms with van der Waals surface area (Å²) in [6.45, 7) is 1.70. The number of halogens is 2. The van der Waals surface area contributed by atoms with Gasteiger partial charge in [0.05, 0.1) is 38.6 Å². The van der Waals surface area contributed by atoms with E-state index in [0.717, 1.165) is 0 Å². The van der Waals surface area contributed by atoms with Crippen LogP contribution >= 0.6 is 23.2 Å². The quantitative estimate of drug-likeness (QED) is 0.292. The van der Waals surface area contributed by atoms with Crippen LogP contribution in [-0.2, 0) is 0 Å². The average Bonchev–Trinajstić information content (AvgIpc) is 3.28. The number of carbonyl (C=O) groups excluding carboxylic acids is 2.